The van der Waals surface area contributed by atoms with Crippen molar-refractivity contribution in [1.29, 1.82) is 0 Å². The highest BCUT2D eigenvalue weighted by Crippen LogP contribution is 2.40. The largest absolute Gasteiger partial charge is 0.482 e. The lowest BCUT2D eigenvalue weighted by atomic mass is 9.90. The molecule has 194 valence electrons. The summed E-state index contributed by atoms with van der Waals surface area (Å²) in [5.41, 5.74) is 1.65. The number of thioether (sulfide) groups is 1. The fraction of sp³-hybridized carbons (Fsp3) is 0.333. The smallest absolute Gasteiger partial charge is 0.343 e. The van der Waals surface area contributed by atoms with E-state index in [1.807, 2.05) is 55.5 Å². The lowest BCUT2D eigenvalue weighted by Gasteiger charge is -2.25. The lowest BCUT2D eigenvalue weighted by molar-refractivity contribution is -0.139. The summed E-state index contributed by atoms with van der Waals surface area (Å²) in [5.74, 6) is 1.44. The fourth-order valence-corrected chi connectivity index (χ4v) is 6.04. The van der Waals surface area contributed by atoms with Crippen LogP contribution in [0.25, 0.3) is 0 Å². The van der Waals surface area contributed by atoms with Crippen molar-refractivity contribution >= 4 is 23.7 Å². The normalized spacial score (nSPS) is 18.9. The van der Waals surface area contributed by atoms with Crippen molar-refractivity contribution < 1.29 is 28.9 Å². The Kier molecular flexibility index (Phi) is 9.63. The first-order valence-corrected chi connectivity index (χ1v) is 13.6. The monoisotopic (exact) mass is 520 g/mol. The number of carbonyl (C=O) groups is 2. The Labute approximate surface area is 222 Å². The highest BCUT2D eigenvalue weighted by Gasteiger charge is 2.36. The van der Waals surface area contributed by atoms with E-state index in [1.54, 1.807) is 36.0 Å². The van der Waals surface area contributed by atoms with Crippen LogP contribution in [-0.2, 0) is 16.0 Å². The molecule has 0 radical (unpaired) electrons. The maximum absolute atomic E-state index is 12.4. The predicted octanol–water partition coefficient (Wildman–Crippen LogP) is 6.14. The van der Waals surface area contributed by atoms with Crippen molar-refractivity contribution in [2.45, 2.75) is 37.2 Å². The summed E-state index contributed by atoms with van der Waals surface area (Å²) in [6, 6.07) is 24.3. The van der Waals surface area contributed by atoms with Gasteiger partial charge >= 0.3 is 11.9 Å². The van der Waals surface area contributed by atoms with Gasteiger partial charge in [0.25, 0.3) is 0 Å². The van der Waals surface area contributed by atoms with Crippen LogP contribution < -0.4 is 9.47 Å². The minimum Gasteiger partial charge on any atom is -0.482 e. The van der Waals surface area contributed by atoms with E-state index in [4.69, 9.17) is 19.3 Å². The van der Waals surface area contributed by atoms with Gasteiger partial charge in [-0.05, 0) is 86.1 Å². The molecule has 0 spiro atoms. The molecule has 0 aromatic heterocycles. The van der Waals surface area contributed by atoms with Crippen molar-refractivity contribution in [3.63, 3.8) is 0 Å². The number of rotatable bonds is 12. The second-order valence-corrected chi connectivity index (χ2v) is 10.2. The highest BCUT2D eigenvalue weighted by molar-refractivity contribution is 7.99. The number of esters is 1. The first kappa shape index (κ1) is 26.8. The molecule has 7 heteroatoms. The SMILES string of the molecule is CCOC1CC[C@H](Cc2cccc(OCC(=O)O)c2)[C@H]1CSc1cccc(OC(=O)c2ccccc2)c1. The first-order valence-electron chi connectivity index (χ1n) is 12.6. The topological polar surface area (TPSA) is 82.1 Å². The summed E-state index contributed by atoms with van der Waals surface area (Å²) < 4.78 is 17.1. The fourth-order valence-electron chi connectivity index (χ4n) is 4.80. The molecule has 4 rings (SSSR count). The van der Waals surface area contributed by atoms with E-state index < -0.39 is 5.97 Å². The Hall–Kier alpha value is -3.29. The van der Waals surface area contributed by atoms with E-state index in [1.165, 1.54) is 0 Å². The molecule has 1 aliphatic carbocycles. The third-order valence-electron chi connectivity index (χ3n) is 6.51. The predicted molar refractivity (Wildman–Crippen MR) is 143 cm³/mol. The van der Waals surface area contributed by atoms with Crippen molar-refractivity contribution in [3.05, 3.63) is 90.0 Å². The summed E-state index contributed by atoms with van der Waals surface area (Å²) >= 11 is 1.75. The number of benzene rings is 3. The maximum Gasteiger partial charge on any atom is 0.343 e. The number of aliphatic carboxylic acids is 1. The zero-order valence-corrected chi connectivity index (χ0v) is 21.7. The number of carbonyl (C=O) groups excluding carboxylic acids is 1. The van der Waals surface area contributed by atoms with Crippen LogP contribution in [0, 0.1) is 11.8 Å². The van der Waals surface area contributed by atoms with Gasteiger partial charge in [0, 0.05) is 17.3 Å². The van der Waals surface area contributed by atoms with Gasteiger partial charge in [0.15, 0.2) is 6.61 Å². The van der Waals surface area contributed by atoms with E-state index >= 15 is 0 Å². The molecule has 1 N–H and O–H groups in total. The molecule has 0 aliphatic heterocycles. The molecule has 0 amide bonds. The van der Waals surface area contributed by atoms with E-state index in [0.717, 1.165) is 35.5 Å². The number of hydrogen-bond donors (Lipinski definition) is 1. The maximum atomic E-state index is 12.4. The molecule has 1 aliphatic rings. The minimum absolute atomic E-state index is 0.202. The van der Waals surface area contributed by atoms with Crippen LogP contribution in [0.1, 0.15) is 35.7 Å². The Morgan fingerprint density at radius 2 is 1.73 bits per heavy atom. The molecule has 3 aromatic carbocycles. The van der Waals surface area contributed by atoms with Crippen molar-refractivity contribution in [3.8, 4) is 11.5 Å². The van der Waals surface area contributed by atoms with Gasteiger partial charge in [-0.2, -0.15) is 0 Å². The second kappa shape index (κ2) is 13.3. The van der Waals surface area contributed by atoms with Crippen LogP contribution in [0.4, 0.5) is 0 Å². The second-order valence-electron chi connectivity index (χ2n) is 9.07. The third kappa shape index (κ3) is 7.84. The van der Waals surface area contributed by atoms with E-state index in [-0.39, 0.29) is 18.7 Å². The molecule has 0 bridgehead atoms. The van der Waals surface area contributed by atoms with Crippen LogP contribution in [-0.4, -0.2) is 42.1 Å². The van der Waals surface area contributed by atoms with Gasteiger partial charge in [0.1, 0.15) is 11.5 Å². The van der Waals surface area contributed by atoms with Crippen LogP contribution in [0.3, 0.4) is 0 Å². The minimum atomic E-state index is -0.989. The Morgan fingerprint density at radius 3 is 2.51 bits per heavy atom. The van der Waals surface area contributed by atoms with Gasteiger partial charge in [0.2, 0.25) is 0 Å². The zero-order valence-electron chi connectivity index (χ0n) is 20.9. The van der Waals surface area contributed by atoms with E-state index in [0.29, 0.717) is 35.5 Å². The number of hydrogen-bond acceptors (Lipinski definition) is 6. The molecule has 6 nitrogen and oxygen atoms in total. The summed E-state index contributed by atoms with van der Waals surface area (Å²) in [5, 5.41) is 8.89. The standard InChI is InChI=1S/C30H32O6S/c1-2-34-28-15-14-23(16-21-8-6-11-24(17-21)35-19-29(31)32)27(28)20-37-26-13-7-12-25(18-26)36-30(33)22-9-4-3-5-10-22/h3-13,17-18,23,27-28H,2,14-16,19-20H2,1H3,(H,31,32)/t23-,27-,28?/m1/s1. The van der Waals surface area contributed by atoms with E-state index in [2.05, 4.69) is 6.07 Å². The van der Waals surface area contributed by atoms with Gasteiger partial charge in [-0.1, -0.05) is 36.4 Å². The summed E-state index contributed by atoms with van der Waals surface area (Å²) in [4.78, 5) is 24.3. The first-order chi connectivity index (χ1) is 18.0. The van der Waals surface area contributed by atoms with Crippen molar-refractivity contribution in [1.82, 2.24) is 0 Å². The van der Waals surface area contributed by atoms with Crippen LogP contribution in [0.5, 0.6) is 11.5 Å². The molecule has 3 atom stereocenters. The van der Waals surface area contributed by atoms with Crippen LogP contribution in [0.15, 0.2) is 83.8 Å². The quantitative estimate of drug-likeness (QED) is 0.175. The molecule has 1 unspecified atom stereocenters. The van der Waals surface area contributed by atoms with Gasteiger partial charge in [-0.25, -0.2) is 9.59 Å². The van der Waals surface area contributed by atoms with Gasteiger partial charge in [-0.3, -0.25) is 0 Å². The molecular weight excluding hydrogens is 488 g/mol. The van der Waals surface area contributed by atoms with Gasteiger partial charge in [-0.15, -0.1) is 11.8 Å². The molecule has 37 heavy (non-hydrogen) atoms. The summed E-state index contributed by atoms with van der Waals surface area (Å²) in [6.07, 6.45) is 3.18. The third-order valence-corrected chi connectivity index (χ3v) is 7.65. The molecule has 1 fully saturated rings. The molecule has 0 heterocycles. The summed E-state index contributed by atoms with van der Waals surface area (Å²) in [7, 11) is 0. The molecular formula is C30H32O6S. The zero-order chi connectivity index (χ0) is 26.0. The average Bonchev–Trinajstić information content (AvgIpc) is 3.28. The average molecular weight is 521 g/mol. The van der Waals surface area contributed by atoms with E-state index in [9.17, 15) is 9.59 Å². The number of ether oxygens (including phenoxy) is 3. The molecule has 0 saturated heterocycles. The lowest BCUT2D eigenvalue weighted by Crippen LogP contribution is -2.25. The van der Waals surface area contributed by atoms with Crippen LogP contribution >= 0.6 is 11.8 Å². The number of carboxylic acids is 1. The Bertz CT molecular complexity index is 1180. The molecule has 1 saturated carbocycles. The summed E-state index contributed by atoms with van der Waals surface area (Å²) in [6.45, 7) is 2.37. The van der Waals surface area contributed by atoms with Gasteiger partial charge < -0.3 is 19.3 Å². The van der Waals surface area contributed by atoms with Crippen molar-refractivity contribution in [2.24, 2.45) is 11.8 Å². The highest BCUT2D eigenvalue weighted by atomic mass is 32.2. The number of carboxylic acid groups (broad SMARTS) is 1. The Morgan fingerprint density at radius 1 is 0.946 bits per heavy atom. The molecule has 3 aromatic rings. The van der Waals surface area contributed by atoms with Crippen molar-refractivity contribution in [2.75, 3.05) is 19.0 Å². The van der Waals surface area contributed by atoms with Gasteiger partial charge in [0.05, 0.1) is 11.7 Å². The van der Waals surface area contributed by atoms with Crippen LogP contribution in [0.2, 0.25) is 0 Å². The Balaban J connectivity index is 1.40.